The molecule has 0 saturated heterocycles. The summed E-state index contributed by atoms with van der Waals surface area (Å²) in [4.78, 5) is 10.9. The first-order chi connectivity index (χ1) is 9.68. The maximum absolute atomic E-state index is 12.1. The number of nitrogens with zero attached hydrogens (tertiary/aromatic N) is 1. The van der Waals surface area contributed by atoms with Crippen molar-refractivity contribution in [1.29, 1.82) is 5.26 Å². The van der Waals surface area contributed by atoms with E-state index < -0.39 is 21.2 Å². The van der Waals surface area contributed by atoms with E-state index in [-0.39, 0.29) is 16.2 Å². The van der Waals surface area contributed by atoms with Crippen molar-refractivity contribution < 1.29 is 18.3 Å². The number of carboxylic acid groups (broad SMARTS) is 1. The van der Waals surface area contributed by atoms with Gasteiger partial charge in [0.15, 0.2) is 9.84 Å². The molecule has 0 radical (unpaired) electrons. The van der Waals surface area contributed by atoms with Gasteiger partial charge < -0.3 is 5.11 Å². The summed E-state index contributed by atoms with van der Waals surface area (Å²) in [5, 5.41) is 17.7. The second kappa shape index (κ2) is 6.72. The van der Waals surface area contributed by atoms with E-state index >= 15 is 0 Å². The minimum atomic E-state index is -3.40. The van der Waals surface area contributed by atoms with Crippen LogP contribution in [0.2, 0.25) is 0 Å². The summed E-state index contributed by atoms with van der Waals surface area (Å²) < 4.78 is 24.2. The molecule has 0 aliphatic rings. The van der Waals surface area contributed by atoms with Crippen LogP contribution in [0.25, 0.3) is 0 Å². The Morgan fingerprint density at radius 2 is 1.81 bits per heavy atom. The first-order valence-electron chi connectivity index (χ1n) is 6.65. The average Bonchev–Trinajstić information content (AvgIpc) is 2.44. The zero-order valence-electron chi connectivity index (χ0n) is 12.2. The molecule has 0 heterocycles. The lowest BCUT2D eigenvalue weighted by Crippen LogP contribution is -2.11. The zero-order valence-corrected chi connectivity index (χ0v) is 13.0. The topological polar surface area (TPSA) is 95.2 Å². The predicted octanol–water partition coefficient (Wildman–Crippen LogP) is 2.88. The van der Waals surface area contributed by atoms with E-state index in [1.165, 1.54) is 24.3 Å². The van der Waals surface area contributed by atoms with Gasteiger partial charge in [-0.1, -0.05) is 6.42 Å². The molecule has 1 aromatic carbocycles. The molecule has 1 aromatic rings. The Bertz CT molecular complexity index is 639. The first-order valence-corrected chi connectivity index (χ1v) is 8.30. The molecule has 0 aromatic heterocycles. The van der Waals surface area contributed by atoms with E-state index in [4.69, 9.17) is 10.4 Å². The third-order valence-corrected chi connectivity index (χ3v) is 5.04. The molecule has 0 fully saturated rings. The van der Waals surface area contributed by atoms with Crippen molar-refractivity contribution in [2.75, 3.05) is 5.75 Å². The number of aromatic carboxylic acids is 1. The van der Waals surface area contributed by atoms with Crippen molar-refractivity contribution in [3.63, 3.8) is 0 Å². The Balaban J connectivity index is 2.62. The molecule has 1 rings (SSSR count). The number of rotatable bonds is 7. The zero-order chi connectivity index (χ0) is 16.1. The highest BCUT2D eigenvalue weighted by Crippen LogP contribution is 2.22. The van der Waals surface area contributed by atoms with E-state index in [0.29, 0.717) is 19.3 Å². The van der Waals surface area contributed by atoms with Crippen molar-refractivity contribution >= 4 is 15.8 Å². The number of carboxylic acids is 1. The second-order valence-electron chi connectivity index (χ2n) is 5.60. The van der Waals surface area contributed by atoms with Gasteiger partial charge in [-0.25, -0.2) is 13.2 Å². The predicted molar refractivity (Wildman–Crippen MR) is 78.7 cm³/mol. The van der Waals surface area contributed by atoms with Gasteiger partial charge in [-0.3, -0.25) is 0 Å². The van der Waals surface area contributed by atoms with E-state index in [1.807, 2.05) is 13.8 Å². The standard InChI is InChI=1S/C15H19NO4S/c1-15(2,11-16)9-3-4-10-21(19,20)13-7-5-12(6-8-13)14(17)18/h5-8H,3-4,9-10H2,1-2H3,(H,17,18). The molecule has 6 heteroatoms. The van der Waals surface area contributed by atoms with Gasteiger partial charge in [0, 0.05) is 0 Å². The fourth-order valence-corrected chi connectivity index (χ4v) is 3.21. The van der Waals surface area contributed by atoms with Gasteiger partial charge in [0.25, 0.3) is 0 Å². The summed E-state index contributed by atoms with van der Waals surface area (Å²) in [6.07, 6.45) is 1.79. The van der Waals surface area contributed by atoms with Crippen molar-refractivity contribution in [3.8, 4) is 6.07 Å². The third-order valence-electron chi connectivity index (χ3n) is 3.23. The van der Waals surface area contributed by atoms with Gasteiger partial charge in [0.1, 0.15) is 0 Å². The normalized spacial score (nSPS) is 11.9. The van der Waals surface area contributed by atoms with Crippen LogP contribution >= 0.6 is 0 Å². The molecule has 0 bridgehead atoms. The number of sulfone groups is 1. The van der Waals surface area contributed by atoms with Gasteiger partial charge >= 0.3 is 5.97 Å². The Kier molecular flexibility index (Phi) is 5.50. The first kappa shape index (κ1) is 17.2. The summed E-state index contributed by atoms with van der Waals surface area (Å²) >= 11 is 0. The quantitative estimate of drug-likeness (QED) is 0.781. The average molecular weight is 309 g/mol. The SMILES string of the molecule is CC(C)(C#N)CCCCS(=O)(=O)c1ccc(C(=O)O)cc1. The lowest BCUT2D eigenvalue weighted by Gasteiger charge is -2.14. The summed E-state index contributed by atoms with van der Waals surface area (Å²) in [6.45, 7) is 3.65. The largest absolute Gasteiger partial charge is 0.478 e. The lowest BCUT2D eigenvalue weighted by atomic mass is 9.89. The van der Waals surface area contributed by atoms with Crippen molar-refractivity contribution in [1.82, 2.24) is 0 Å². The van der Waals surface area contributed by atoms with Crippen molar-refractivity contribution in [2.24, 2.45) is 5.41 Å². The van der Waals surface area contributed by atoms with E-state index in [1.54, 1.807) is 0 Å². The number of unbranched alkanes of at least 4 members (excludes halogenated alkanes) is 1. The summed E-state index contributed by atoms with van der Waals surface area (Å²) in [6, 6.07) is 7.39. The van der Waals surface area contributed by atoms with Crippen LogP contribution in [-0.2, 0) is 9.84 Å². The minimum Gasteiger partial charge on any atom is -0.478 e. The number of nitriles is 1. The number of carbonyl (C=O) groups is 1. The molecule has 114 valence electrons. The molecule has 21 heavy (non-hydrogen) atoms. The fourth-order valence-electron chi connectivity index (χ4n) is 1.84. The van der Waals surface area contributed by atoms with Gasteiger partial charge in [0.2, 0.25) is 0 Å². The van der Waals surface area contributed by atoms with E-state index in [0.717, 1.165) is 0 Å². The van der Waals surface area contributed by atoms with Crippen LogP contribution in [0.4, 0.5) is 0 Å². The highest BCUT2D eigenvalue weighted by Gasteiger charge is 2.18. The van der Waals surface area contributed by atoms with E-state index in [2.05, 4.69) is 6.07 Å². The fraction of sp³-hybridized carbons (Fsp3) is 0.467. The summed E-state index contributed by atoms with van der Waals surface area (Å²) in [7, 11) is -3.40. The highest BCUT2D eigenvalue weighted by molar-refractivity contribution is 7.91. The number of hydrogen-bond acceptors (Lipinski definition) is 4. The molecule has 1 N–H and O–H groups in total. The van der Waals surface area contributed by atoms with Crippen molar-refractivity contribution in [3.05, 3.63) is 29.8 Å². The van der Waals surface area contributed by atoms with Crippen LogP contribution in [-0.4, -0.2) is 25.2 Å². The van der Waals surface area contributed by atoms with Crippen LogP contribution in [0.5, 0.6) is 0 Å². The van der Waals surface area contributed by atoms with Crippen LogP contribution in [0.15, 0.2) is 29.2 Å². The molecule has 0 spiro atoms. The van der Waals surface area contributed by atoms with Gasteiger partial charge in [0.05, 0.1) is 27.7 Å². The molecule has 0 amide bonds. The Hall–Kier alpha value is -1.87. The van der Waals surface area contributed by atoms with Crippen molar-refractivity contribution in [2.45, 2.75) is 38.0 Å². The molecular weight excluding hydrogens is 290 g/mol. The maximum Gasteiger partial charge on any atom is 0.335 e. The molecular formula is C15H19NO4S. The molecule has 5 nitrogen and oxygen atoms in total. The highest BCUT2D eigenvalue weighted by atomic mass is 32.2. The third kappa shape index (κ3) is 5.20. The van der Waals surface area contributed by atoms with Gasteiger partial charge in [-0.15, -0.1) is 0 Å². The Morgan fingerprint density at radius 3 is 2.29 bits per heavy atom. The molecule has 0 unspecified atom stereocenters. The minimum absolute atomic E-state index is 0.000919. The van der Waals surface area contributed by atoms with E-state index in [9.17, 15) is 13.2 Å². The second-order valence-corrected chi connectivity index (χ2v) is 7.71. The molecule has 0 saturated carbocycles. The van der Waals surface area contributed by atoms with Gasteiger partial charge in [-0.2, -0.15) is 5.26 Å². The number of benzene rings is 1. The summed E-state index contributed by atoms with van der Waals surface area (Å²) in [5.74, 6) is -1.08. The van der Waals surface area contributed by atoms with Crippen LogP contribution in [0.3, 0.4) is 0 Å². The molecule has 0 atom stereocenters. The smallest absolute Gasteiger partial charge is 0.335 e. The Labute approximate surface area is 125 Å². The summed E-state index contributed by atoms with van der Waals surface area (Å²) in [5.41, 5.74) is -0.378. The van der Waals surface area contributed by atoms with Crippen LogP contribution in [0.1, 0.15) is 43.5 Å². The van der Waals surface area contributed by atoms with Crippen LogP contribution < -0.4 is 0 Å². The van der Waals surface area contributed by atoms with Crippen LogP contribution in [0, 0.1) is 16.7 Å². The van der Waals surface area contributed by atoms with Gasteiger partial charge in [-0.05, 0) is 51.0 Å². The monoisotopic (exact) mass is 309 g/mol. The maximum atomic E-state index is 12.1. The molecule has 0 aliphatic carbocycles. The molecule has 0 aliphatic heterocycles. The number of hydrogen-bond donors (Lipinski definition) is 1. The lowest BCUT2D eigenvalue weighted by molar-refractivity contribution is 0.0696. The Morgan fingerprint density at radius 1 is 1.24 bits per heavy atom.